The molecule has 2 aromatic rings. The summed E-state index contributed by atoms with van der Waals surface area (Å²) >= 11 is 0. The molecule has 2 N–H and O–H groups in total. The number of carbonyl (C=O) groups is 1. The zero-order valence-corrected chi connectivity index (χ0v) is 13.0. The Balaban J connectivity index is 1.87. The summed E-state index contributed by atoms with van der Waals surface area (Å²) in [4.78, 5) is 14.1. The molecule has 0 aromatic heterocycles. The second-order valence-electron chi connectivity index (χ2n) is 5.95. The zero-order valence-electron chi connectivity index (χ0n) is 13.0. The average molecular weight is 294 g/mol. The van der Waals surface area contributed by atoms with Crippen molar-refractivity contribution in [1.29, 1.82) is 0 Å². The molecule has 1 aliphatic heterocycles. The quantitative estimate of drug-likeness (QED) is 0.936. The summed E-state index contributed by atoms with van der Waals surface area (Å²) < 4.78 is 0. The molecule has 3 rings (SSSR count). The van der Waals surface area contributed by atoms with Gasteiger partial charge in [-0.1, -0.05) is 42.5 Å². The molecular weight excluding hydrogens is 272 g/mol. The van der Waals surface area contributed by atoms with Crippen LogP contribution in [0.25, 0.3) is 11.1 Å². The van der Waals surface area contributed by atoms with Crippen LogP contribution in [0.4, 0.5) is 0 Å². The molecule has 1 aliphatic rings. The Bertz CT molecular complexity index is 657. The summed E-state index contributed by atoms with van der Waals surface area (Å²) in [6, 6.07) is 16.4. The smallest absolute Gasteiger partial charge is 0.249 e. The molecule has 3 heteroatoms. The molecule has 0 saturated carbocycles. The van der Waals surface area contributed by atoms with Crippen LogP contribution < -0.4 is 5.73 Å². The first-order valence-corrected chi connectivity index (χ1v) is 7.90. The first-order chi connectivity index (χ1) is 10.7. The van der Waals surface area contributed by atoms with Crippen molar-refractivity contribution >= 4 is 5.91 Å². The van der Waals surface area contributed by atoms with Gasteiger partial charge in [0.05, 0.1) is 0 Å². The van der Waals surface area contributed by atoms with Crippen molar-refractivity contribution in [2.75, 3.05) is 13.1 Å². The average Bonchev–Trinajstić information content (AvgIpc) is 3.09. The Hall–Kier alpha value is -2.13. The van der Waals surface area contributed by atoms with Gasteiger partial charge in [-0.25, -0.2) is 0 Å². The van der Waals surface area contributed by atoms with Crippen LogP contribution in [0, 0.1) is 0 Å². The van der Waals surface area contributed by atoms with Crippen molar-refractivity contribution in [1.82, 2.24) is 4.90 Å². The molecule has 0 radical (unpaired) electrons. The van der Waals surface area contributed by atoms with Gasteiger partial charge in [0.2, 0.25) is 5.91 Å². The van der Waals surface area contributed by atoms with Gasteiger partial charge in [0.1, 0.15) is 0 Å². The number of hydrogen-bond donors (Lipinski definition) is 1. The number of rotatable bonds is 4. The van der Waals surface area contributed by atoms with E-state index in [4.69, 9.17) is 5.73 Å². The summed E-state index contributed by atoms with van der Waals surface area (Å²) in [6.45, 7) is 4.64. The van der Waals surface area contributed by atoms with Crippen LogP contribution in [0.15, 0.2) is 48.5 Å². The number of nitrogens with zero attached hydrogens (tertiary/aromatic N) is 1. The summed E-state index contributed by atoms with van der Waals surface area (Å²) in [5.41, 5.74) is 9.29. The molecule has 1 fully saturated rings. The zero-order chi connectivity index (χ0) is 15.5. The first-order valence-electron chi connectivity index (χ1n) is 7.90. The molecule has 114 valence electrons. The van der Waals surface area contributed by atoms with E-state index in [1.165, 1.54) is 31.5 Å². The standard InChI is InChI=1S/C19H22N2O/c1-14(21-12-4-5-13-21)15-8-10-16(11-9-15)17-6-2-3-7-18(17)19(20)22/h2-3,6-11,14H,4-5,12-13H2,1H3,(H2,20,22). The Kier molecular flexibility index (Phi) is 4.25. The third kappa shape index (κ3) is 2.90. The Labute approximate surface area is 131 Å². The number of likely N-dealkylation sites (tertiary alicyclic amines) is 1. The van der Waals surface area contributed by atoms with Crippen LogP contribution in [-0.2, 0) is 0 Å². The number of nitrogens with two attached hydrogens (primary N) is 1. The molecule has 0 aliphatic carbocycles. The van der Waals surface area contributed by atoms with Gasteiger partial charge in [-0.15, -0.1) is 0 Å². The number of benzene rings is 2. The lowest BCUT2D eigenvalue weighted by Crippen LogP contribution is -2.23. The maximum Gasteiger partial charge on any atom is 0.249 e. The molecule has 2 aromatic carbocycles. The van der Waals surface area contributed by atoms with Crippen molar-refractivity contribution < 1.29 is 4.79 Å². The lowest BCUT2D eigenvalue weighted by Gasteiger charge is -2.24. The fourth-order valence-corrected chi connectivity index (χ4v) is 3.23. The third-order valence-corrected chi connectivity index (χ3v) is 4.58. The van der Waals surface area contributed by atoms with Crippen molar-refractivity contribution in [2.24, 2.45) is 5.73 Å². The number of hydrogen-bond acceptors (Lipinski definition) is 2. The summed E-state index contributed by atoms with van der Waals surface area (Å²) in [5.74, 6) is -0.384. The normalized spacial score (nSPS) is 16.6. The monoisotopic (exact) mass is 294 g/mol. The van der Waals surface area contributed by atoms with Gasteiger partial charge in [0.25, 0.3) is 0 Å². The summed E-state index contributed by atoms with van der Waals surface area (Å²) in [6.07, 6.45) is 2.60. The summed E-state index contributed by atoms with van der Waals surface area (Å²) in [7, 11) is 0. The van der Waals surface area contributed by atoms with Crippen molar-refractivity contribution in [2.45, 2.75) is 25.8 Å². The highest BCUT2D eigenvalue weighted by atomic mass is 16.1. The summed E-state index contributed by atoms with van der Waals surface area (Å²) in [5, 5.41) is 0. The van der Waals surface area contributed by atoms with Gasteiger partial charge in [0, 0.05) is 11.6 Å². The molecule has 1 amide bonds. The Morgan fingerprint density at radius 3 is 2.32 bits per heavy atom. The molecule has 0 bridgehead atoms. The van der Waals surface area contributed by atoms with E-state index >= 15 is 0 Å². The third-order valence-electron chi connectivity index (χ3n) is 4.58. The van der Waals surface area contributed by atoms with E-state index in [9.17, 15) is 4.79 Å². The predicted molar refractivity (Wildman–Crippen MR) is 89.6 cm³/mol. The lowest BCUT2D eigenvalue weighted by molar-refractivity contribution is 0.100. The van der Waals surface area contributed by atoms with E-state index in [1.807, 2.05) is 18.2 Å². The molecule has 1 unspecified atom stereocenters. The van der Waals surface area contributed by atoms with Crippen molar-refractivity contribution in [3.05, 3.63) is 59.7 Å². The molecule has 0 spiro atoms. The largest absolute Gasteiger partial charge is 0.366 e. The van der Waals surface area contributed by atoms with Crippen LogP contribution in [0.3, 0.4) is 0 Å². The first kappa shape index (κ1) is 14.8. The van der Waals surface area contributed by atoms with Crippen molar-refractivity contribution in [3.63, 3.8) is 0 Å². The van der Waals surface area contributed by atoms with Crippen LogP contribution in [0.2, 0.25) is 0 Å². The van der Waals surface area contributed by atoms with E-state index in [0.29, 0.717) is 11.6 Å². The molecule has 22 heavy (non-hydrogen) atoms. The second kappa shape index (κ2) is 6.32. The number of amides is 1. The van der Waals surface area contributed by atoms with Gasteiger partial charge in [-0.05, 0) is 55.6 Å². The molecule has 3 nitrogen and oxygen atoms in total. The highest BCUT2D eigenvalue weighted by molar-refractivity contribution is 5.99. The van der Waals surface area contributed by atoms with Crippen LogP contribution in [-0.4, -0.2) is 23.9 Å². The van der Waals surface area contributed by atoms with E-state index in [1.54, 1.807) is 6.07 Å². The molecule has 1 atom stereocenters. The number of carbonyl (C=O) groups excluding carboxylic acids is 1. The SMILES string of the molecule is CC(c1ccc(-c2ccccc2C(N)=O)cc1)N1CCCC1. The second-order valence-corrected chi connectivity index (χ2v) is 5.95. The maximum atomic E-state index is 11.6. The van der Waals surface area contributed by atoms with Gasteiger partial charge >= 0.3 is 0 Å². The van der Waals surface area contributed by atoms with E-state index in [-0.39, 0.29) is 5.91 Å². The predicted octanol–water partition coefficient (Wildman–Crippen LogP) is 3.61. The van der Waals surface area contributed by atoms with Crippen LogP contribution in [0.1, 0.15) is 41.7 Å². The topological polar surface area (TPSA) is 46.3 Å². The molecule has 1 saturated heterocycles. The fraction of sp³-hybridized carbons (Fsp3) is 0.316. The van der Waals surface area contributed by atoms with E-state index in [2.05, 4.69) is 36.1 Å². The Morgan fingerprint density at radius 2 is 1.68 bits per heavy atom. The van der Waals surface area contributed by atoms with Gasteiger partial charge < -0.3 is 5.73 Å². The fourth-order valence-electron chi connectivity index (χ4n) is 3.23. The van der Waals surface area contributed by atoms with Crippen LogP contribution >= 0.6 is 0 Å². The van der Waals surface area contributed by atoms with Gasteiger partial charge in [0.15, 0.2) is 0 Å². The lowest BCUT2D eigenvalue weighted by atomic mass is 9.97. The van der Waals surface area contributed by atoms with E-state index < -0.39 is 0 Å². The number of primary amides is 1. The minimum absolute atomic E-state index is 0.384. The van der Waals surface area contributed by atoms with Gasteiger partial charge in [-0.2, -0.15) is 0 Å². The maximum absolute atomic E-state index is 11.6. The molecule has 1 heterocycles. The highest BCUT2D eigenvalue weighted by Gasteiger charge is 2.19. The minimum atomic E-state index is -0.384. The van der Waals surface area contributed by atoms with Gasteiger partial charge in [-0.3, -0.25) is 9.69 Å². The Morgan fingerprint density at radius 1 is 1.05 bits per heavy atom. The van der Waals surface area contributed by atoms with Crippen LogP contribution in [0.5, 0.6) is 0 Å². The highest BCUT2D eigenvalue weighted by Crippen LogP contribution is 2.28. The molecular formula is C19H22N2O. The van der Waals surface area contributed by atoms with Crippen molar-refractivity contribution in [3.8, 4) is 11.1 Å². The van der Waals surface area contributed by atoms with E-state index in [0.717, 1.165) is 11.1 Å². The minimum Gasteiger partial charge on any atom is -0.366 e.